The molecule has 5 nitrogen and oxygen atoms in total. The zero-order valence-corrected chi connectivity index (χ0v) is 16.2. The molecule has 1 aromatic carbocycles. The summed E-state index contributed by atoms with van der Waals surface area (Å²) in [5, 5.41) is 9.94. The van der Waals surface area contributed by atoms with Crippen LogP contribution in [0.25, 0.3) is 5.70 Å². The predicted octanol–water partition coefficient (Wildman–Crippen LogP) is 3.34. The highest BCUT2D eigenvalue weighted by molar-refractivity contribution is 5.69. The van der Waals surface area contributed by atoms with Gasteiger partial charge in [0.2, 0.25) is 0 Å². The normalized spacial score (nSPS) is 11.3. The van der Waals surface area contributed by atoms with E-state index in [-0.39, 0.29) is 11.6 Å². The molecule has 0 saturated carbocycles. The summed E-state index contributed by atoms with van der Waals surface area (Å²) < 4.78 is 0. The lowest BCUT2D eigenvalue weighted by atomic mass is 10.1. The molecule has 0 aliphatic heterocycles. The largest absolute Gasteiger partial charge is 0.507 e. The fourth-order valence-corrected chi connectivity index (χ4v) is 2.23. The number of likely N-dealkylation sites (N-methyl/N-ethyl adjacent to an activating group) is 1. The van der Waals surface area contributed by atoms with E-state index in [2.05, 4.69) is 19.7 Å². The van der Waals surface area contributed by atoms with E-state index < -0.39 is 0 Å². The molecule has 0 aliphatic rings. The standard InChI is InChI=1S/C22H30N4O/c1-15(2)17(4)11-10-16(3)12-13-26(5)20(22(24)25)14-19(23)18-8-6-7-9-21(18)27/h6-11,14,27H,1,3-4,12-13,23-25H2,2,5H3/b11-10-,19-14-. The highest BCUT2D eigenvalue weighted by Gasteiger charge is 2.09. The zero-order valence-electron chi connectivity index (χ0n) is 16.2. The molecule has 0 spiro atoms. The summed E-state index contributed by atoms with van der Waals surface area (Å²) >= 11 is 0. The van der Waals surface area contributed by atoms with Gasteiger partial charge >= 0.3 is 0 Å². The Kier molecular flexibility index (Phi) is 8.01. The van der Waals surface area contributed by atoms with Gasteiger partial charge in [0, 0.05) is 24.9 Å². The molecule has 0 bridgehead atoms. The van der Waals surface area contributed by atoms with Crippen LogP contribution in [0.2, 0.25) is 0 Å². The molecule has 27 heavy (non-hydrogen) atoms. The number of rotatable bonds is 9. The van der Waals surface area contributed by atoms with Crippen LogP contribution in [-0.4, -0.2) is 23.6 Å². The van der Waals surface area contributed by atoms with Crippen molar-refractivity contribution in [3.63, 3.8) is 0 Å². The second kappa shape index (κ2) is 9.97. The van der Waals surface area contributed by atoms with Gasteiger partial charge in [0.05, 0.1) is 5.70 Å². The topological polar surface area (TPSA) is 102 Å². The number of benzene rings is 1. The average molecular weight is 367 g/mol. The van der Waals surface area contributed by atoms with E-state index in [0.29, 0.717) is 29.9 Å². The number of phenols is 1. The minimum absolute atomic E-state index is 0.0973. The molecule has 0 saturated heterocycles. The van der Waals surface area contributed by atoms with Crippen molar-refractivity contribution in [1.82, 2.24) is 4.90 Å². The van der Waals surface area contributed by atoms with Gasteiger partial charge in [0.25, 0.3) is 0 Å². The second-order valence-electron chi connectivity index (χ2n) is 6.43. The molecule has 1 rings (SSSR count). The minimum atomic E-state index is 0.0973. The third-order valence-electron chi connectivity index (χ3n) is 4.05. The lowest BCUT2D eigenvalue weighted by molar-refractivity contribution is 0.430. The van der Waals surface area contributed by atoms with E-state index in [4.69, 9.17) is 17.2 Å². The summed E-state index contributed by atoms with van der Waals surface area (Å²) in [6, 6.07) is 6.83. The van der Waals surface area contributed by atoms with Gasteiger partial charge in [-0.15, -0.1) is 0 Å². The maximum Gasteiger partial charge on any atom is 0.124 e. The van der Waals surface area contributed by atoms with Crippen molar-refractivity contribution in [2.75, 3.05) is 13.6 Å². The number of nitrogens with zero attached hydrogens (tertiary/aromatic N) is 1. The third kappa shape index (κ3) is 6.82. The van der Waals surface area contributed by atoms with E-state index in [1.807, 2.05) is 31.0 Å². The molecule has 144 valence electrons. The molecular formula is C22H30N4O. The van der Waals surface area contributed by atoms with Gasteiger partial charge in [-0.2, -0.15) is 0 Å². The number of allylic oxidation sites excluding steroid dienone is 5. The van der Waals surface area contributed by atoms with Crippen molar-refractivity contribution in [1.29, 1.82) is 0 Å². The highest BCUT2D eigenvalue weighted by Crippen LogP contribution is 2.23. The highest BCUT2D eigenvalue weighted by atomic mass is 16.3. The Bertz CT molecular complexity index is 811. The predicted molar refractivity (Wildman–Crippen MR) is 115 cm³/mol. The maximum atomic E-state index is 9.94. The Hall–Kier alpha value is -3.34. The van der Waals surface area contributed by atoms with Gasteiger partial charge in [0.1, 0.15) is 11.6 Å². The Balaban J connectivity index is 2.85. The van der Waals surface area contributed by atoms with Crippen LogP contribution in [-0.2, 0) is 0 Å². The summed E-state index contributed by atoms with van der Waals surface area (Å²) in [5.41, 5.74) is 22.0. The van der Waals surface area contributed by atoms with Crippen molar-refractivity contribution in [2.45, 2.75) is 13.3 Å². The number of hydrogen-bond acceptors (Lipinski definition) is 5. The van der Waals surface area contributed by atoms with E-state index in [0.717, 1.165) is 16.7 Å². The first-order chi connectivity index (χ1) is 12.6. The van der Waals surface area contributed by atoms with Crippen LogP contribution in [0.3, 0.4) is 0 Å². The van der Waals surface area contributed by atoms with Gasteiger partial charge in [0.15, 0.2) is 0 Å². The number of nitrogens with two attached hydrogens (primary N) is 3. The smallest absolute Gasteiger partial charge is 0.124 e. The molecule has 0 unspecified atom stereocenters. The molecular weight excluding hydrogens is 336 g/mol. The number of aromatic hydroxyl groups is 1. The van der Waals surface area contributed by atoms with Gasteiger partial charge in [-0.1, -0.05) is 55.2 Å². The Labute approximate surface area is 162 Å². The maximum absolute atomic E-state index is 9.94. The first kappa shape index (κ1) is 21.7. The second-order valence-corrected chi connectivity index (χ2v) is 6.43. The molecule has 0 fully saturated rings. The van der Waals surface area contributed by atoms with Crippen LogP contribution < -0.4 is 17.2 Å². The van der Waals surface area contributed by atoms with E-state index in [9.17, 15) is 5.11 Å². The third-order valence-corrected chi connectivity index (χ3v) is 4.05. The summed E-state index contributed by atoms with van der Waals surface area (Å²) in [5.74, 6) is 0.243. The van der Waals surface area contributed by atoms with Gasteiger partial charge < -0.3 is 27.2 Å². The van der Waals surface area contributed by atoms with Gasteiger partial charge in [-0.25, -0.2) is 0 Å². The van der Waals surface area contributed by atoms with Crippen LogP contribution in [0.4, 0.5) is 0 Å². The summed E-state index contributed by atoms with van der Waals surface area (Å²) in [7, 11) is 1.87. The van der Waals surface area contributed by atoms with Crippen molar-refractivity contribution < 1.29 is 5.11 Å². The fraction of sp³-hybridized carbons (Fsp3) is 0.182. The van der Waals surface area contributed by atoms with Gasteiger partial charge in [-0.3, -0.25) is 0 Å². The van der Waals surface area contributed by atoms with Crippen molar-refractivity contribution in [3.8, 4) is 5.75 Å². The van der Waals surface area contributed by atoms with Crippen LogP contribution >= 0.6 is 0 Å². The lowest BCUT2D eigenvalue weighted by Gasteiger charge is -2.22. The van der Waals surface area contributed by atoms with Crippen molar-refractivity contribution in [3.05, 3.63) is 96.0 Å². The molecule has 0 atom stereocenters. The monoisotopic (exact) mass is 366 g/mol. The minimum Gasteiger partial charge on any atom is -0.507 e. The number of phenolic OH excluding ortho intramolecular Hbond substituents is 1. The number of para-hydroxylation sites is 1. The van der Waals surface area contributed by atoms with E-state index in [1.54, 1.807) is 30.3 Å². The summed E-state index contributed by atoms with van der Waals surface area (Å²) in [4.78, 5) is 1.90. The fourth-order valence-electron chi connectivity index (χ4n) is 2.23. The summed E-state index contributed by atoms with van der Waals surface area (Å²) in [6.07, 6.45) is 6.19. The number of hydrogen-bond donors (Lipinski definition) is 4. The first-order valence-electron chi connectivity index (χ1n) is 8.56. The van der Waals surface area contributed by atoms with Crippen LogP contribution in [0, 0.1) is 0 Å². The van der Waals surface area contributed by atoms with Gasteiger partial charge in [-0.05, 0) is 37.1 Å². The molecule has 0 aromatic heterocycles. The van der Waals surface area contributed by atoms with E-state index in [1.165, 1.54) is 0 Å². The summed E-state index contributed by atoms with van der Waals surface area (Å²) in [6.45, 7) is 14.4. The lowest BCUT2D eigenvalue weighted by Crippen LogP contribution is -2.25. The molecule has 0 radical (unpaired) electrons. The Morgan fingerprint density at radius 1 is 1.11 bits per heavy atom. The Morgan fingerprint density at radius 2 is 1.74 bits per heavy atom. The molecule has 0 amide bonds. The van der Waals surface area contributed by atoms with Crippen LogP contribution in [0.1, 0.15) is 18.9 Å². The Morgan fingerprint density at radius 3 is 2.30 bits per heavy atom. The molecule has 7 N–H and O–H groups in total. The van der Waals surface area contributed by atoms with Crippen LogP contribution in [0.5, 0.6) is 5.75 Å². The van der Waals surface area contributed by atoms with E-state index >= 15 is 0 Å². The molecule has 0 heterocycles. The molecule has 0 aliphatic carbocycles. The first-order valence-corrected chi connectivity index (χ1v) is 8.56. The molecule has 1 aromatic rings. The SMILES string of the molecule is C=C(/C=C\C(=C)C(=C)C)CCN(C)C(/C=C(\N)c1ccccc1O)=C(N)N. The van der Waals surface area contributed by atoms with Crippen molar-refractivity contribution >= 4 is 5.70 Å². The quantitative estimate of drug-likeness (QED) is 0.502. The average Bonchev–Trinajstić information content (AvgIpc) is 2.61. The van der Waals surface area contributed by atoms with Crippen molar-refractivity contribution in [2.24, 2.45) is 17.2 Å². The zero-order chi connectivity index (χ0) is 20.6. The molecule has 5 heteroatoms. The van der Waals surface area contributed by atoms with Crippen LogP contribution in [0.15, 0.2) is 90.5 Å².